The number of carbonyl (C=O) groups is 1. The summed E-state index contributed by atoms with van der Waals surface area (Å²) in [6.07, 6.45) is 2.84. The highest BCUT2D eigenvalue weighted by Crippen LogP contribution is 2.24. The molecule has 1 heterocycles. The SMILES string of the molecule is CCCC1CC(=O)N(CC(N)c2ccc(F)cc2)C1. The Hall–Kier alpha value is -1.42. The Morgan fingerprint density at radius 3 is 2.74 bits per heavy atom. The van der Waals surface area contributed by atoms with E-state index in [1.54, 1.807) is 12.1 Å². The van der Waals surface area contributed by atoms with Gasteiger partial charge >= 0.3 is 0 Å². The van der Waals surface area contributed by atoms with Gasteiger partial charge in [0.25, 0.3) is 0 Å². The zero-order valence-electron chi connectivity index (χ0n) is 11.3. The van der Waals surface area contributed by atoms with Crippen molar-refractivity contribution in [3.05, 3.63) is 35.6 Å². The molecule has 1 aromatic rings. The average molecular weight is 264 g/mol. The van der Waals surface area contributed by atoms with Crippen LogP contribution in [0.15, 0.2) is 24.3 Å². The Bertz CT molecular complexity index is 432. The molecule has 2 unspecified atom stereocenters. The zero-order chi connectivity index (χ0) is 13.8. The summed E-state index contributed by atoms with van der Waals surface area (Å²) in [6, 6.07) is 5.93. The Balaban J connectivity index is 1.93. The molecule has 1 aliphatic heterocycles. The van der Waals surface area contributed by atoms with Gasteiger partial charge in [-0.2, -0.15) is 0 Å². The Morgan fingerprint density at radius 1 is 1.42 bits per heavy atom. The van der Waals surface area contributed by atoms with Crippen LogP contribution in [-0.2, 0) is 4.79 Å². The lowest BCUT2D eigenvalue weighted by Gasteiger charge is -2.21. The minimum atomic E-state index is -0.267. The third-order valence-electron chi connectivity index (χ3n) is 3.71. The van der Waals surface area contributed by atoms with Gasteiger partial charge < -0.3 is 10.6 Å². The van der Waals surface area contributed by atoms with Crippen molar-refractivity contribution in [3.63, 3.8) is 0 Å². The molecule has 2 rings (SSSR count). The van der Waals surface area contributed by atoms with E-state index < -0.39 is 0 Å². The van der Waals surface area contributed by atoms with Gasteiger partial charge in [-0.1, -0.05) is 25.5 Å². The second-order valence-corrected chi connectivity index (χ2v) is 5.32. The van der Waals surface area contributed by atoms with Crippen LogP contribution >= 0.6 is 0 Å². The smallest absolute Gasteiger partial charge is 0.222 e. The van der Waals surface area contributed by atoms with Crippen molar-refractivity contribution in [3.8, 4) is 0 Å². The Kier molecular flexibility index (Phi) is 4.53. The van der Waals surface area contributed by atoms with E-state index in [-0.39, 0.29) is 17.8 Å². The van der Waals surface area contributed by atoms with Crippen LogP contribution in [0.25, 0.3) is 0 Å². The van der Waals surface area contributed by atoms with E-state index >= 15 is 0 Å². The van der Waals surface area contributed by atoms with Crippen molar-refractivity contribution in [1.82, 2.24) is 4.90 Å². The fraction of sp³-hybridized carbons (Fsp3) is 0.533. The van der Waals surface area contributed by atoms with Crippen LogP contribution in [0.1, 0.15) is 37.8 Å². The Labute approximate surface area is 113 Å². The molecule has 1 saturated heterocycles. The van der Waals surface area contributed by atoms with E-state index in [0.29, 0.717) is 18.9 Å². The largest absolute Gasteiger partial charge is 0.340 e. The van der Waals surface area contributed by atoms with Gasteiger partial charge in [0.05, 0.1) is 0 Å². The highest BCUT2D eigenvalue weighted by atomic mass is 19.1. The number of hydrogen-bond donors (Lipinski definition) is 1. The number of halogens is 1. The topological polar surface area (TPSA) is 46.3 Å². The van der Waals surface area contributed by atoms with Crippen LogP contribution in [0.2, 0.25) is 0 Å². The minimum absolute atomic E-state index is 0.191. The molecule has 2 N–H and O–H groups in total. The molecule has 1 aromatic carbocycles. The van der Waals surface area contributed by atoms with Gasteiger partial charge in [0, 0.05) is 25.6 Å². The lowest BCUT2D eigenvalue weighted by molar-refractivity contribution is -0.127. The molecule has 0 aromatic heterocycles. The first-order chi connectivity index (χ1) is 9.10. The molecule has 1 fully saturated rings. The molecule has 1 aliphatic rings. The molecule has 3 nitrogen and oxygen atoms in total. The maximum absolute atomic E-state index is 12.8. The Morgan fingerprint density at radius 2 is 2.11 bits per heavy atom. The molecule has 104 valence electrons. The lowest BCUT2D eigenvalue weighted by atomic mass is 10.0. The van der Waals surface area contributed by atoms with Crippen LogP contribution in [-0.4, -0.2) is 23.9 Å². The first-order valence-corrected chi connectivity index (χ1v) is 6.89. The third kappa shape index (κ3) is 3.53. The van der Waals surface area contributed by atoms with Crippen molar-refractivity contribution in [1.29, 1.82) is 0 Å². The number of hydrogen-bond acceptors (Lipinski definition) is 2. The second-order valence-electron chi connectivity index (χ2n) is 5.32. The molecule has 0 radical (unpaired) electrons. The summed E-state index contributed by atoms with van der Waals surface area (Å²) >= 11 is 0. The fourth-order valence-electron chi connectivity index (χ4n) is 2.68. The van der Waals surface area contributed by atoms with Gasteiger partial charge in [0.1, 0.15) is 5.82 Å². The number of nitrogens with zero attached hydrogens (tertiary/aromatic N) is 1. The summed E-state index contributed by atoms with van der Waals surface area (Å²) in [5, 5.41) is 0. The summed E-state index contributed by atoms with van der Waals surface area (Å²) in [5.41, 5.74) is 6.96. The molecule has 2 atom stereocenters. The molecule has 0 aliphatic carbocycles. The van der Waals surface area contributed by atoms with E-state index in [0.717, 1.165) is 24.9 Å². The molecular weight excluding hydrogens is 243 g/mol. The van der Waals surface area contributed by atoms with Crippen LogP contribution in [0.4, 0.5) is 4.39 Å². The lowest BCUT2D eigenvalue weighted by Crippen LogP contribution is -2.33. The van der Waals surface area contributed by atoms with Crippen molar-refractivity contribution < 1.29 is 9.18 Å². The normalized spacial score (nSPS) is 20.9. The summed E-state index contributed by atoms with van der Waals surface area (Å²) in [4.78, 5) is 13.7. The molecule has 0 spiro atoms. The van der Waals surface area contributed by atoms with E-state index in [9.17, 15) is 9.18 Å². The van der Waals surface area contributed by atoms with Gasteiger partial charge in [-0.25, -0.2) is 4.39 Å². The van der Waals surface area contributed by atoms with Gasteiger partial charge in [-0.3, -0.25) is 4.79 Å². The van der Waals surface area contributed by atoms with E-state index in [1.807, 2.05) is 4.90 Å². The van der Waals surface area contributed by atoms with Crippen LogP contribution < -0.4 is 5.73 Å². The zero-order valence-corrected chi connectivity index (χ0v) is 11.3. The van der Waals surface area contributed by atoms with Crippen molar-refractivity contribution in [2.24, 2.45) is 11.7 Å². The quantitative estimate of drug-likeness (QED) is 0.888. The van der Waals surface area contributed by atoms with Crippen LogP contribution in [0.5, 0.6) is 0 Å². The number of rotatable bonds is 5. The highest BCUT2D eigenvalue weighted by molar-refractivity contribution is 5.78. The summed E-state index contributed by atoms with van der Waals surface area (Å²) in [6.45, 7) is 3.46. The van der Waals surface area contributed by atoms with Gasteiger partial charge in [0.2, 0.25) is 5.91 Å². The second kappa shape index (κ2) is 6.15. The van der Waals surface area contributed by atoms with Gasteiger partial charge in [-0.05, 0) is 30.0 Å². The number of carbonyl (C=O) groups excluding carboxylic acids is 1. The third-order valence-corrected chi connectivity index (χ3v) is 3.71. The predicted molar refractivity (Wildman–Crippen MR) is 72.9 cm³/mol. The highest BCUT2D eigenvalue weighted by Gasteiger charge is 2.29. The molecule has 0 saturated carbocycles. The monoisotopic (exact) mass is 264 g/mol. The molecule has 1 amide bonds. The minimum Gasteiger partial charge on any atom is -0.340 e. The van der Waals surface area contributed by atoms with E-state index in [2.05, 4.69) is 6.92 Å². The van der Waals surface area contributed by atoms with Crippen molar-refractivity contribution >= 4 is 5.91 Å². The molecular formula is C15H21FN2O. The summed E-state index contributed by atoms with van der Waals surface area (Å²) < 4.78 is 12.8. The maximum Gasteiger partial charge on any atom is 0.222 e. The standard InChI is InChI=1S/C15H21FN2O/c1-2-3-11-8-15(19)18(9-11)10-14(17)12-4-6-13(16)7-5-12/h4-7,11,14H,2-3,8-10,17H2,1H3. The van der Waals surface area contributed by atoms with Crippen LogP contribution in [0, 0.1) is 11.7 Å². The fourth-order valence-corrected chi connectivity index (χ4v) is 2.68. The van der Waals surface area contributed by atoms with Crippen molar-refractivity contribution in [2.75, 3.05) is 13.1 Å². The van der Waals surface area contributed by atoms with E-state index in [4.69, 9.17) is 5.73 Å². The summed E-state index contributed by atoms with van der Waals surface area (Å²) in [7, 11) is 0. The van der Waals surface area contributed by atoms with Crippen molar-refractivity contribution in [2.45, 2.75) is 32.2 Å². The first kappa shape index (κ1) is 14.0. The molecule has 4 heteroatoms. The first-order valence-electron chi connectivity index (χ1n) is 6.89. The van der Waals surface area contributed by atoms with Crippen LogP contribution in [0.3, 0.4) is 0 Å². The number of amides is 1. The molecule has 19 heavy (non-hydrogen) atoms. The number of benzene rings is 1. The number of likely N-dealkylation sites (tertiary alicyclic amines) is 1. The van der Waals surface area contributed by atoms with E-state index in [1.165, 1.54) is 12.1 Å². The summed E-state index contributed by atoms with van der Waals surface area (Å²) in [5.74, 6) is 0.394. The number of nitrogens with two attached hydrogens (primary N) is 1. The molecule has 0 bridgehead atoms. The maximum atomic E-state index is 12.8. The predicted octanol–water partition coefficient (Wildman–Crippen LogP) is 2.47. The van der Waals surface area contributed by atoms with Gasteiger partial charge in [0.15, 0.2) is 0 Å². The van der Waals surface area contributed by atoms with Gasteiger partial charge in [-0.15, -0.1) is 0 Å². The average Bonchev–Trinajstić information content (AvgIpc) is 2.71.